The summed E-state index contributed by atoms with van der Waals surface area (Å²) < 4.78 is 16.9. The number of esters is 3. The summed E-state index contributed by atoms with van der Waals surface area (Å²) in [5.74, 6) is -0.972. The number of allylic oxidation sites excluding steroid dienone is 18. The first-order valence-electron chi connectivity index (χ1n) is 31.9. The molecule has 1 atom stereocenters. The first-order chi connectivity index (χ1) is 37.5. The Bertz CT molecular complexity index is 1540. The molecule has 0 spiro atoms. The molecule has 0 heterocycles. The number of hydrogen-bond acceptors (Lipinski definition) is 6. The molecule has 0 rings (SSSR count). The van der Waals surface area contributed by atoms with E-state index in [1.54, 1.807) is 0 Å². The normalized spacial score (nSPS) is 12.8. The van der Waals surface area contributed by atoms with Crippen LogP contribution in [0.15, 0.2) is 109 Å². The monoisotopic (exact) mass is 1050 g/mol. The fraction of sp³-hybridized carbons (Fsp3) is 0.700. The molecule has 0 radical (unpaired) electrons. The van der Waals surface area contributed by atoms with E-state index in [1.165, 1.54) is 135 Å². The van der Waals surface area contributed by atoms with E-state index < -0.39 is 6.10 Å². The van der Waals surface area contributed by atoms with Gasteiger partial charge in [-0.05, 0) is 103 Å². The van der Waals surface area contributed by atoms with Crippen molar-refractivity contribution in [2.75, 3.05) is 13.2 Å². The molecular formula is C70H118O6. The lowest BCUT2D eigenvalue weighted by molar-refractivity contribution is -0.167. The van der Waals surface area contributed by atoms with E-state index in [0.717, 1.165) is 116 Å². The van der Waals surface area contributed by atoms with E-state index in [2.05, 4.69) is 130 Å². The summed E-state index contributed by atoms with van der Waals surface area (Å²) in [7, 11) is 0. The van der Waals surface area contributed by atoms with Crippen LogP contribution in [0.3, 0.4) is 0 Å². The van der Waals surface area contributed by atoms with Gasteiger partial charge in [0, 0.05) is 19.3 Å². The molecule has 434 valence electrons. The predicted octanol–water partition coefficient (Wildman–Crippen LogP) is 21.8. The highest BCUT2D eigenvalue weighted by atomic mass is 16.6. The van der Waals surface area contributed by atoms with Crippen molar-refractivity contribution < 1.29 is 28.6 Å². The van der Waals surface area contributed by atoms with Crippen LogP contribution in [0.25, 0.3) is 0 Å². The smallest absolute Gasteiger partial charge is 0.306 e. The Morgan fingerprint density at radius 2 is 0.513 bits per heavy atom. The summed E-state index contributed by atoms with van der Waals surface area (Å²) in [6, 6.07) is 0. The van der Waals surface area contributed by atoms with Gasteiger partial charge in [-0.25, -0.2) is 0 Å². The van der Waals surface area contributed by atoms with E-state index in [0.29, 0.717) is 19.3 Å². The molecule has 0 aromatic carbocycles. The number of carbonyl (C=O) groups excluding carboxylic acids is 3. The van der Waals surface area contributed by atoms with Gasteiger partial charge in [-0.1, -0.05) is 284 Å². The van der Waals surface area contributed by atoms with Gasteiger partial charge >= 0.3 is 17.9 Å². The second kappa shape index (κ2) is 63.6. The lowest BCUT2D eigenvalue weighted by Crippen LogP contribution is -2.30. The van der Waals surface area contributed by atoms with Crippen LogP contribution in [0, 0.1) is 0 Å². The second-order valence-corrected chi connectivity index (χ2v) is 20.9. The van der Waals surface area contributed by atoms with Crippen molar-refractivity contribution in [3.63, 3.8) is 0 Å². The average molecular weight is 1060 g/mol. The van der Waals surface area contributed by atoms with Gasteiger partial charge in [0.1, 0.15) is 13.2 Å². The highest BCUT2D eigenvalue weighted by Gasteiger charge is 2.19. The minimum Gasteiger partial charge on any atom is -0.462 e. The number of ether oxygens (including phenoxy) is 3. The van der Waals surface area contributed by atoms with Crippen LogP contribution in [0.1, 0.15) is 297 Å². The van der Waals surface area contributed by atoms with Crippen LogP contribution in [0.4, 0.5) is 0 Å². The van der Waals surface area contributed by atoms with Gasteiger partial charge in [0.05, 0.1) is 0 Å². The van der Waals surface area contributed by atoms with E-state index in [9.17, 15) is 14.4 Å². The van der Waals surface area contributed by atoms with Crippen molar-refractivity contribution in [1.29, 1.82) is 0 Å². The molecule has 0 amide bonds. The molecule has 0 aromatic rings. The summed E-state index contributed by atoms with van der Waals surface area (Å²) in [5.41, 5.74) is 0. The van der Waals surface area contributed by atoms with Crippen LogP contribution in [0.2, 0.25) is 0 Å². The van der Waals surface area contributed by atoms with Gasteiger partial charge < -0.3 is 14.2 Å². The summed E-state index contributed by atoms with van der Waals surface area (Å²) in [5, 5.41) is 0. The van der Waals surface area contributed by atoms with Gasteiger partial charge in [-0.2, -0.15) is 0 Å². The molecule has 1 unspecified atom stereocenters. The Kier molecular flexibility index (Phi) is 60.3. The van der Waals surface area contributed by atoms with Crippen LogP contribution >= 0.6 is 0 Å². The quantitative estimate of drug-likeness (QED) is 0.0261. The topological polar surface area (TPSA) is 78.9 Å². The van der Waals surface area contributed by atoms with Crippen LogP contribution in [-0.4, -0.2) is 37.2 Å². The van der Waals surface area contributed by atoms with Crippen LogP contribution < -0.4 is 0 Å². The number of hydrogen-bond donors (Lipinski definition) is 0. The number of rotatable bonds is 57. The van der Waals surface area contributed by atoms with E-state index in [1.807, 2.05) is 0 Å². The predicted molar refractivity (Wildman–Crippen MR) is 330 cm³/mol. The van der Waals surface area contributed by atoms with Gasteiger partial charge in [-0.3, -0.25) is 14.4 Å². The van der Waals surface area contributed by atoms with Crippen LogP contribution in [0.5, 0.6) is 0 Å². The van der Waals surface area contributed by atoms with E-state index in [4.69, 9.17) is 14.2 Å². The summed E-state index contributed by atoms with van der Waals surface area (Å²) in [6.07, 6.45) is 86.8. The lowest BCUT2D eigenvalue weighted by Gasteiger charge is -2.18. The maximum Gasteiger partial charge on any atom is 0.306 e. The minimum absolute atomic E-state index is 0.104. The van der Waals surface area contributed by atoms with Crippen molar-refractivity contribution in [1.82, 2.24) is 0 Å². The third-order valence-electron chi connectivity index (χ3n) is 13.5. The fourth-order valence-corrected chi connectivity index (χ4v) is 8.81. The van der Waals surface area contributed by atoms with Crippen molar-refractivity contribution in [2.24, 2.45) is 0 Å². The Morgan fingerprint density at radius 1 is 0.276 bits per heavy atom. The molecule has 0 bridgehead atoms. The summed E-state index contributed by atoms with van der Waals surface area (Å²) in [4.78, 5) is 38.3. The Balaban J connectivity index is 4.41. The Hall–Kier alpha value is -3.93. The molecule has 0 fully saturated rings. The van der Waals surface area contributed by atoms with E-state index in [-0.39, 0.29) is 37.5 Å². The van der Waals surface area contributed by atoms with E-state index >= 15 is 0 Å². The highest BCUT2D eigenvalue weighted by Crippen LogP contribution is 2.17. The molecule has 0 aliphatic carbocycles. The zero-order chi connectivity index (χ0) is 55.0. The van der Waals surface area contributed by atoms with Gasteiger partial charge in [0.2, 0.25) is 0 Å². The van der Waals surface area contributed by atoms with Crippen molar-refractivity contribution in [3.05, 3.63) is 109 Å². The molecule has 0 saturated heterocycles. The van der Waals surface area contributed by atoms with Crippen LogP contribution in [-0.2, 0) is 28.6 Å². The van der Waals surface area contributed by atoms with Gasteiger partial charge in [-0.15, -0.1) is 0 Å². The zero-order valence-corrected chi connectivity index (χ0v) is 49.7. The van der Waals surface area contributed by atoms with Crippen molar-refractivity contribution in [3.8, 4) is 0 Å². The second-order valence-electron chi connectivity index (χ2n) is 20.9. The number of unbranched alkanes of at least 4 members (excludes halogenated alkanes) is 28. The summed E-state index contributed by atoms with van der Waals surface area (Å²) in [6.45, 7) is 6.38. The molecule has 6 heteroatoms. The largest absolute Gasteiger partial charge is 0.462 e. The molecule has 0 aliphatic heterocycles. The first-order valence-corrected chi connectivity index (χ1v) is 31.9. The fourth-order valence-electron chi connectivity index (χ4n) is 8.81. The maximum atomic E-state index is 12.9. The SMILES string of the molecule is CC/C=C\C/C=C\C/C=C\C/C=C\C/C=C\CCCCCC(=O)OC(COC(=O)CCCC/C=C\C/C=C\C/C=C\C/C=C\CC)COC(=O)CCCCCCCCCCCCCCCCCCCCCCCCCC. The zero-order valence-electron chi connectivity index (χ0n) is 49.7. The minimum atomic E-state index is -0.815. The van der Waals surface area contributed by atoms with Gasteiger partial charge in [0.15, 0.2) is 6.10 Å². The molecule has 6 nitrogen and oxygen atoms in total. The number of carbonyl (C=O) groups is 3. The molecule has 0 saturated carbocycles. The van der Waals surface area contributed by atoms with Gasteiger partial charge in [0.25, 0.3) is 0 Å². The Labute approximate surface area is 470 Å². The van der Waals surface area contributed by atoms with Crippen molar-refractivity contribution >= 4 is 17.9 Å². The molecular weight excluding hydrogens is 937 g/mol. The summed E-state index contributed by atoms with van der Waals surface area (Å²) >= 11 is 0. The molecule has 0 aliphatic rings. The first kappa shape index (κ1) is 72.1. The molecule has 0 N–H and O–H groups in total. The standard InChI is InChI=1S/C70H118O6/c1-4-7-10-13-16-19-22-25-28-30-32-33-34-35-36-38-39-42-45-48-51-54-57-60-63-69(72)75-66-67(65-74-68(71)62-59-56-53-50-47-44-41-27-24-21-18-15-12-9-6-3)76-70(73)64-61-58-55-52-49-46-43-40-37-31-29-26-23-20-17-14-11-8-5-2/h8-9,11-12,17-18,20-21,26-27,29,37,40-41,46-47,49-50,67H,4-7,10,13-16,19,22-25,28,30-36,38-39,42-45,48,51-66H2,1-3H3/b11-8-,12-9-,20-17-,21-18-,29-26-,40-37-,41-27-,49-46-,50-47-. The highest BCUT2D eigenvalue weighted by molar-refractivity contribution is 5.71. The average Bonchev–Trinajstić information content (AvgIpc) is 3.42. The maximum absolute atomic E-state index is 12.9. The molecule has 76 heavy (non-hydrogen) atoms. The third-order valence-corrected chi connectivity index (χ3v) is 13.5. The lowest BCUT2D eigenvalue weighted by atomic mass is 10.0. The Morgan fingerprint density at radius 3 is 0.829 bits per heavy atom. The van der Waals surface area contributed by atoms with Crippen molar-refractivity contribution in [2.45, 2.75) is 303 Å². The third kappa shape index (κ3) is 60.9. The molecule has 0 aromatic heterocycles.